The highest BCUT2D eigenvalue weighted by Crippen LogP contribution is 2.37. The predicted molar refractivity (Wildman–Crippen MR) is 135 cm³/mol. The van der Waals surface area contributed by atoms with Crippen molar-refractivity contribution < 1.29 is 45.4 Å². The second-order valence-electron chi connectivity index (χ2n) is 8.75. The highest BCUT2D eigenvalue weighted by molar-refractivity contribution is 6.30. The van der Waals surface area contributed by atoms with Crippen LogP contribution >= 0.6 is 11.6 Å². The molecule has 5 nitrogen and oxygen atoms in total. The van der Waals surface area contributed by atoms with Crippen LogP contribution < -0.4 is 5.32 Å². The predicted octanol–water partition coefficient (Wildman–Crippen LogP) is 6.98. The summed E-state index contributed by atoms with van der Waals surface area (Å²) in [4.78, 5) is 23.8. The van der Waals surface area contributed by atoms with Gasteiger partial charge >= 0.3 is 24.3 Å². The molecule has 0 aliphatic heterocycles. The van der Waals surface area contributed by atoms with E-state index in [9.17, 15) is 35.9 Å². The van der Waals surface area contributed by atoms with Crippen LogP contribution in [0.3, 0.4) is 0 Å². The average molecular weight is 588 g/mol. The van der Waals surface area contributed by atoms with E-state index in [4.69, 9.17) is 16.3 Å². The average Bonchev–Trinajstić information content (AvgIpc) is 2.89. The molecule has 1 N–H and O–H groups in total. The van der Waals surface area contributed by atoms with Crippen molar-refractivity contribution in [1.29, 1.82) is 0 Å². The fraction of sp³-hybridized carbons (Fsp3) is 0.286. The Morgan fingerprint density at radius 2 is 1.50 bits per heavy atom. The van der Waals surface area contributed by atoms with Crippen LogP contribution in [0.25, 0.3) is 11.1 Å². The summed E-state index contributed by atoms with van der Waals surface area (Å²) in [5, 5.41) is 3.37. The SMILES string of the molecule is COC(=O)Cc1cc(-c2ccc(C(F)(F)F)cc2CNCCC(=O)OCc2ccc(Cl)cc2)cc(C(F)(F)F)c1. The number of carbonyl (C=O) groups is 2. The molecule has 0 saturated carbocycles. The summed E-state index contributed by atoms with van der Waals surface area (Å²) in [7, 11) is 1.09. The molecule has 0 unspecified atom stereocenters. The molecule has 0 atom stereocenters. The van der Waals surface area contributed by atoms with Crippen molar-refractivity contribution in [2.24, 2.45) is 0 Å². The van der Waals surface area contributed by atoms with Crippen molar-refractivity contribution in [2.75, 3.05) is 13.7 Å². The molecule has 0 radical (unpaired) electrons. The normalized spacial score (nSPS) is 11.8. The van der Waals surface area contributed by atoms with Crippen LogP contribution in [0, 0.1) is 0 Å². The topological polar surface area (TPSA) is 64.6 Å². The summed E-state index contributed by atoms with van der Waals surface area (Å²) >= 11 is 5.81. The molecule has 214 valence electrons. The van der Waals surface area contributed by atoms with E-state index < -0.39 is 41.8 Å². The molecule has 0 spiro atoms. The molecule has 0 fully saturated rings. The van der Waals surface area contributed by atoms with Crippen LogP contribution in [0.5, 0.6) is 0 Å². The molecule has 0 aliphatic carbocycles. The first-order chi connectivity index (χ1) is 18.8. The Hall–Kier alpha value is -3.57. The lowest BCUT2D eigenvalue weighted by molar-refractivity contribution is -0.145. The highest BCUT2D eigenvalue weighted by Gasteiger charge is 2.33. The van der Waals surface area contributed by atoms with Crippen molar-refractivity contribution in [2.45, 2.75) is 38.3 Å². The second-order valence-corrected chi connectivity index (χ2v) is 9.19. The van der Waals surface area contributed by atoms with Gasteiger partial charge in [0.2, 0.25) is 0 Å². The van der Waals surface area contributed by atoms with E-state index in [2.05, 4.69) is 10.1 Å². The number of alkyl halides is 6. The minimum Gasteiger partial charge on any atom is -0.469 e. The Labute approximate surface area is 231 Å². The second kappa shape index (κ2) is 13.2. The van der Waals surface area contributed by atoms with Gasteiger partial charge in [-0.1, -0.05) is 35.9 Å². The molecule has 3 aromatic rings. The Morgan fingerprint density at radius 1 is 0.825 bits per heavy atom. The Kier molecular flexibility index (Phi) is 10.2. The molecule has 3 rings (SSSR count). The first-order valence-corrected chi connectivity index (χ1v) is 12.2. The molecule has 3 aromatic carbocycles. The molecule has 12 heteroatoms. The van der Waals surface area contributed by atoms with Gasteiger partial charge in [-0.25, -0.2) is 0 Å². The summed E-state index contributed by atoms with van der Waals surface area (Å²) < 4.78 is 90.7. The standard InChI is InChI=1S/C28H24ClF6NO4/c1-39-26(38)12-18-10-19(13-22(11-18)28(33,34)35)24-7-4-21(27(30,31)32)14-20(24)15-36-9-8-25(37)40-16-17-2-5-23(29)6-3-17/h2-7,10-11,13-14,36H,8-9,12,15-16H2,1H3. The summed E-state index contributed by atoms with van der Waals surface area (Å²) in [6, 6.07) is 12.2. The maximum absolute atomic E-state index is 13.6. The minimum absolute atomic E-state index is 0.0111. The van der Waals surface area contributed by atoms with E-state index in [1.807, 2.05) is 0 Å². The molecule has 0 heterocycles. The van der Waals surface area contributed by atoms with Crippen LogP contribution in [0.4, 0.5) is 26.3 Å². The van der Waals surface area contributed by atoms with Gasteiger partial charge in [0.05, 0.1) is 31.1 Å². The van der Waals surface area contributed by atoms with E-state index in [1.54, 1.807) is 24.3 Å². The van der Waals surface area contributed by atoms with Gasteiger partial charge in [-0.3, -0.25) is 9.59 Å². The lowest BCUT2D eigenvalue weighted by Crippen LogP contribution is -2.20. The monoisotopic (exact) mass is 587 g/mol. The van der Waals surface area contributed by atoms with Crippen molar-refractivity contribution >= 4 is 23.5 Å². The minimum atomic E-state index is -4.77. The summed E-state index contributed by atoms with van der Waals surface area (Å²) in [5.41, 5.74) is -1.23. The number of hydrogen-bond acceptors (Lipinski definition) is 5. The van der Waals surface area contributed by atoms with Gasteiger partial charge in [-0.05, 0) is 64.2 Å². The zero-order chi connectivity index (χ0) is 29.5. The largest absolute Gasteiger partial charge is 0.469 e. The van der Waals surface area contributed by atoms with Gasteiger partial charge in [0, 0.05) is 18.1 Å². The van der Waals surface area contributed by atoms with Crippen molar-refractivity contribution in [3.8, 4) is 11.1 Å². The van der Waals surface area contributed by atoms with Gasteiger partial charge in [0.25, 0.3) is 0 Å². The van der Waals surface area contributed by atoms with Crippen LogP contribution in [-0.2, 0) is 51.0 Å². The van der Waals surface area contributed by atoms with Gasteiger partial charge in [0.15, 0.2) is 0 Å². The molecule has 0 bridgehead atoms. The zero-order valence-electron chi connectivity index (χ0n) is 21.1. The number of carbonyl (C=O) groups excluding carboxylic acids is 2. The van der Waals surface area contributed by atoms with Crippen LogP contribution in [0.2, 0.25) is 5.02 Å². The van der Waals surface area contributed by atoms with Gasteiger partial charge < -0.3 is 14.8 Å². The summed E-state index contributed by atoms with van der Waals surface area (Å²) in [6.45, 7) is -0.144. The first kappa shape index (κ1) is 31.0. The zero-order valence-corrected chi connectivity index (χ0v) is 21.8. The number of benzene rings is 3. The maximum Gasteiger partial charge on any atom is 0.416 e. The van der Waals surface area contributed by atoms with Crippen LogP contribution in [0.1, 0.15) is 34.2 Å². The number of ether oxygens (including phenoxy) is 2. The molecule has 0 saturated heterocycles. The Bertz CT molecular complexity index is 1340. The third-order valence-electron chi connectivity index (χ3n) is 5.77. The number of esters is 2. The number of hydrogen-bond donors (Lipinski definition) is 1. The summed E-state index contributed by atoms with van der Waals surface area (Å²) in [5.74, 6) is -1.33. The van der Waals surface area contributed by atoms with Crippen LogP contribution in [0.15, 0.2) is 60.7 Å². The number of rotatable bonds is 10. The highest BCUT2D eigenvalue weighted by atomic mass is 35.5. The lowest BCUT2D eigenvalue weighted by atomic mass is 9.93. The number of halogens is 7. The Morgan fingerprint density at radius 3 is 2.12 bits per heavy atom. The molecular formula is C28H24ClF6NO4. The van der Waals surface area contributed by atoms with E-state index in [0.717, 1.165) is 37.4 Å². The lowest BCUT2D eigenvalue weighted by Gasteiger charge is -2.17. The van der Waals surface area contributed by atoms with E-state index in [1.165, 1.54) is 6.07 Å². The number of nitrogens with one attached hydrogen (secondary N) is 1. The third-order valence-corrected chi connectivity index (χ3v) is 6.03. The van der Waals surface area contributed by atoms with E-state index >= 15 is 0 Å². The van der Waals surface area contributed by atoms with Crippen molar-refractivity contribution in [3.05, 3.63) is 93.5 Å². The quantitative estimate of drug-likeness (QED) is 0.157. The fourth-order valence-corrected chi connectivity index (χ4v) is 3.91. The van der Waals surface area contributed by atoms with Gasteiger partial charge in [-0.2, -0.15) is 26.3 Å². The van der Waals surface area contributed by atoms with E-state index in [-0.39, 0.29) is 48.4 Å². The first-order valence-electron chi connectivity index (χ1n) is 11.9. The third kappa shape index (κ3) is 8.99. The van der Waals surface area contributed by atoms with Crippen molar-refractivity contribution in [3.63, 3.8) is 0 Å². The molecule has 0 amide bonds. The molecule has 0 aromatic heterocycles. The number of methoxy groups -OCH3 is 1. The fourth-order valence-electron chi connectivity index (χ4n) is 3.78. The van der Waals surface area contributed by atoms with Crippen molar-refractivity contribution in [1.82, 2.24) is 5.32 Å². The van der Waals surface area contributed by atoms with E-state index in [0.29, 0.717) is 10.6 Å². The molecular weight excluding hydrogens is 564 g/mol. The summed E-state index contributed by atoms with van der Waals surface area (Å²) in [6.07, 6.45) is -10.0. The molecule has 0 aliphatic rings. The van der Waals surface area contributed by atoms with Gasteiger partial charge in [0.1, 0.15) is 6.61 Å². The molecule has 40 heavy (non-hydrogen) atoms. The maximum atomic E-state index is 13.6. The Balaban J connectivity index is 1.79. The van der Waals surface area contributed by atoms with Crippen LogP contribution in [-0.4, -0.2) is 25.6 Å². The van der Waals surface area contributed by atoms with Gasteiger partial charge in [-0.15, -0.1) is 0 Å². The smallest absolute Gasteiger partial charge is 0.416 e.